The quantitative estimate of drug-likeness (QED) is 0.608. The number of hydrogen-bond donors (Lipinski definition) is 0. The molecule has 0 aromatic heterocycles. The zero-order chi connectivity index (χ0) is 18.0. The fourth-order valence-electron chi connectivity index (χ4n) is 2.63. The number of amides is 1. The van der Waals surface area contributed by atoms with Crippen LogP contribution in [0.2, 0.25) is 0 Å². The van der Waals surface area contributed by atoms with Crippen LogP contribution in [0.15, 0.2) is 42.5 Å². The van der Waals surface area contributed by atoms with Gasteiger partial charge < -0.3 is 9.64 Å². The first-order valence-electron chi connectivity index (χ1n) is 7.40. The minimum absolute atomic E-state index is 0.0699. The van der Waals surface area contributed by atoms with Crippen molar-refractivity contribution in [3.8, 4) is 5.75 Å². The van der Waals surface area contributed by atoms with Gasteiger partial charge >= 0.3 is 0 Å². The van der Waals surface area contributed by atoms with E-state index in [9.17, 15) is 25.0 Å². The van der Waals surface area contributed by atoms with Gasteiger partial charge in [-0.05, 0) is 24.1 Å². The highest BCUT2D eigenvalue weighted by molar-refractivity contribution is 5.96. The molecule has 1 aliphatic rings. The predicted octanol–water partition coefficient (Wildman–Crippen LogP) is 2.47. The van der Waals surface area contributed by atoms with Gasteiger partial charge in [0.2, 0.25) is 0 Å². The van der Waals surface area contributed by atoms with E-state index in [0.29, 0.717) is 24.4 Å². The second-order valence-electron chi connectivity index (χ2n) is 5.41. The van der Waals surface area contributed by atoms with Crippen molar-refractivity contribution in [2.24, 2.45) is 0 Å². The number of rotatable bonds is 5. The third kappa shape index (κ3) is 3.39. The molecular formula is C16H13N3O6. The summed E-state index contributed by atoms with van der Waals surface area (Å²) in [6, 6.07) is 9.84. The summed E-state index contributed by atoms with van der Waals surface area (Å²) in [5.74, 6) is -0.00462. The molecule has 2 aromatic carbocycles. The Balaban J connectivity index is 1.68. The Morgan fingerprint density at radius 3 is 2.32 bits per heavy atom. The summed E-state index contributed by atoms with van der Waals surface area (Å²) < 4.78 is 5.36. The van der Waals surface area contributed by atoms with E-state index < -0.39 is 9.85 Å². The van der Waals surface area contributed by atoms with Crippen LogP contribution in [-0.2, 0) is 11.2 Å². The van der Waals surface area contributed by atoms with E-state index in [1.54, 1.807) is 6.07 Å². The van der Waals surface area contributed by atoms with Gasteiger partial charge in [-0.25, -0.2) is 0 Å². The Hall–Kier alpha value is -3.49. The van der Waals surface area contributed by atoms with E-state index in [0.717, 1.165) is 5.56 Å². The van der Waals surface area contributed by atoms with Crippen molar-refractivity contribution >= 4 is 23.0 Å². The number of benzene rings is 2. The lowest BCUT2D eigenvalue weighted by molar-refractivity contribution is -0.385. The van der Waals surface area contributed by atoms with Gasteiger partial charge in [0.05, 0.1) is 15.5 Å². The van der Waals surface area contributed by atoms with Gasteiger partial charge in [0.15, 0.2) is 6.61 Å². The van der Waals surface area contributed by atoms with Crippen LogP contribution in [-0.4, -0.2) is 28.9 Å². The number of nitrogens with zero attached hydrogens (tertiary/aromatic N) is 3. The lowest BCUT2D eigenvalue weighted by atomic mass is 10.1. The molecule has 0 atom stereocenters. The lowest BCUT2D eigenvalue weighted by Crippen LogP contribution is -2.33. The zero-order valence-corrected chi connectivity index (χ0v) is 13.0. The van der Waals surface area contributed by atoms with Gasteiger partial charge in [-0.2, -0.15) is 0 Å². The van der Waals surface area contributed by atoms with Crippen LogP contribution in [0.4, 0.5) is 17.1 Å². The third-order valence-electron chi connectivity index (χ3n) is 3.89. The van der Waals surface area contributed by atoms with Crippen molar-refractivity contribution in [1.29, 1.82) is 0 Å². The summed E-state index contributed by atoms with van der Waals surface area (Å²) in [6.45, 7) is 0.166. The molecule has 1 aliphatic heterocycles. The number of fused-ring (bicyclic) bond motifs is 1. The number of carbonyl (C=O) groups is 1. The van der Waals surface area contributed by atoms with Crippen molar-refractivity contribution in [1.82, 2.24) is 0 Å². The number of nitro groups is 2. The van der Waals surface area contributed by atoms with Crippen molar-refractivity contribution in [2.75, 3.05) is 18.1 Å². The van der Waals surface area contributed by atoms with Gasteiger partial charge in [0, 0.05) is 30.8 Å². The second-order valence-corrected chi connectivity index (χ2v) is 5.41. The van der Waals surface area contributed by atoms with Crippen LogP contribution in [0.5, 0.6) is 5.75 Å². The first kappa shape index (κ1) is 16.4. The van der Waals surface area contributed by atoms with E-state index >= 15 is 0 Å². The van der Waals surface area contributed by atoms with E-state index in [1.165, 1.54) is 41.3 Å². The van der Waals surface area contributed by atoms with Crippen LogP contribution in [0.1, 0.15) is 5.56 Å². The summed E-state index contributed by atoms with van der Waals surface area (Å²) in [5.41, 5.74) is 1.25. The minimum atomic E-state index is -0.525. The Morgan fingerprint density at radius 1 is 1.04 bits per heavy atom. The Kier molecular flexibility index (Phi) is 4.29. The number of nitro benzene ring substituents is 2. The van der Waals surface area contributed by atoms with Crippen molar-refractivity contribution < 1.29 is 19.4 Å². The largest absolute Gasteiger partial charge is 0.484 e. The smallest absolute Gasteiger partial charge is 0.271 e. The van der Waals surface area contributed by atoms with Crippen molar-refractivity contribution in [3.05, 3.63) is 68.3 Å². The number of carbonyl (C=O) groups excluding carboxylic acids is 1. The first-order chi connectivity index (χ1) is 12.0. The van der Waals surface area contributed by atoms with E-state index in [1.807, 2.05) is 0 Å². The number of non-ortho nitro benzene ring substituents is 2. The van der Waals surface area contributed by atoms with Gasteiger partial charge in [-0.1, -0.05) is 6.07 Å². The Labute approximate surface area is 141 Å². The molecule has 0 saturated carbocycles. The summed E-state index contributed by atoms with van der Waals surface area (Å²) >= 11 is 0. The van der Waals surface area contributed by atoms with Crippen LogP contribution < -0.4 is 9.64 Å². The lowest BCUT2D eigenvalue weighted by Gasteiger charge is -2.17. The molecule has 9 nitrogen and oxygen atoms in total. The highest BCUT2D eigenvalue weighted by atomic mass is 16.6. The maximum absolute atomic E-state index is 12.4. The highest BCUT2D eigenvalue weighted by Crippen LogP contribution is 2.31. The molecule has 1 amide bonds. The van der Waals surface area contributed by atoms with Crippen LogP contribution in [0.3, 0.4) is 0 Å². The molecule has 1 heterocycles. The molecule has 0 radical (unpaired) electrons. The van der Waals surface area contributed by atoms with Crippen molar-refractivity contribution in [2.45, 2.75) is 6.42 Å². The molecule has 0 fully saturated rings. The molecule has 0 N–H and O–H groups in total. The summed E-state index contributed by atoms with van der Waals surface area (Å²) in [5, 5.41) is 21.5. The van der Waals surface area contributed by atoms with Gasteiger partial charge in [-0.15, -0.1) is 0 Å². The number of ether oxygens (including phenoxy) is 1. The Bertz CT molecular complexity index is 849. The molecule has 3 rings (SSSR count). The fourth-order valence-corrected chi connectivity index (χ4v) is 2.63. The summed E-state index contributed by atoms with van der Waals surface area (Å²) in [7, 11) is 0. The third-order valence-corrected chi connectivity index (χ3v) is 3.89. The zero-order valence-electron chi connectivity index (χ0n) is 13.0. The van der Waals surface area contributed by atoms with Crippen LogP contribution in [0.25, 0.3) is 0 Å². The summed E-state index contributed by atoms with van der Waals surface area (Å²) in [6.07, 6.45) is 0.622. The second kappa shape index (κ2) is 6.56. The molecule has 25 heavy (non-hydrogen) atoms. The molecule has 2 aromatic rings. The van der Waals surface area contributed by atoms with Gasteiger partial charge in [0.25, 0.3) is 17.3 Å². The van der Waals surface area contributed by atoms with E-state index in [4.69, 9.17) is 4.74 Å². The molecule has 128 valence electrons. The average molecular weight is 343 g/mol. The molecule has 0 aliphatic carbocycles. The number of anilines is 1. The Morgan fingerprint density at radius 2 is 1.68 bits per heavy atom. The van der Waals surface area contributed by atoms with E-state index in [2.05, 4.69) is 0 Å². The topological polar surface area (TPSA) is 116 Å². The van der Waals surface area contributed by atoms with Crippen LogP contribution >= 0.6 is 0 Å². The molecule has 0 unspecified atom stereocenters. The average Bonchev–Trinajstić information content (AvgIpc) is 3.03. The highest BCUT2D eigenvalue weighted by Gasteiger charge is 2.27. The molecular weight excluding hydrogens is 330 g/mol. The van der Waals surface area contributed by atoms with Crippen molar-refractivity contribution in [3.63, 3.8) is 0 Å². The van der Waals surface area contributed by atoms with E-state index in [-0.39, 0.29) is 23.9 Å². The molecule has 0 bridgehead atoms. The predicted molar refractivity (Wildman–Crippen MR) is 87.7 cm³/mol. The molecule has 9 heteroatoms. The maximum Gasteiger partial charge on any atom is 0.271 e. The fraction of sp³-hybridized carbons (Fsp3) is 0.188. The standard InChI is InChI=1S/C16H13N3O6/c20-16(10-25-14-5-3-12(4-6-14)18(21)22)17-8-7-11-1-2-13(19(23)24)9-15(11)17/h1-6,9H,7-8,10H2. The summed E-state index contributed by atoms with van der Waals surface area (Å²) in [4.78, 5) is 34.3. The SMILES string of the molecule is O=C(COc1ccc([N+](=O)[O-])cc1)N1CCc2ccc([N+](=O)[O-])cc21. The maximum atomic E-state index is 12.4. The molecule has 0 saturated heterocycles. The van der Waals surface area contributed by atoms with Gasteiger partial charge in [-0.3, -0.25) is 25.0 Å². The first-order valence-corrected chi connectivity index (χ1v) is 7.40. The minimum Gasteiger partial charge on any atom is -0.484 e. The normalized spacial score (nSPS) is 12.6. The number of hydrogen-bond acceptors (Lipinski definition) is 6. The van der Waals surface area contributed by atoms with Crippen LogP contribution in [0, 0.1) is 20.2 Å². The monoisotopic (exact) mass is 343 g/mol. The molecule has 0 spiro atoms. The van der Waals surface area contributed by atoms with Gasteiger partial charge in [0.1, 0.15) is 5.75 Å².